The van der Waals surface area contributed by atoms with Crippen LogP contribution in [-0.4, -0.2) is 14.8 Å². The molecule has 0 spiro atoms. The van der Waals surface area contributed by atoms with Crippen LogP contribution in [0.5, 0.6) is 0 Å². The van der Waals surface area contributed by atoms with Crippen LogP contribution in [-0.2, 0) is 13.5 Å². The molecule has 4 nitrogen and oxygen atoms in total. The van der Waals surface area contributed by atoms with Crippen molar-refractivity contribution >= 4 is 11.0 Å². The van der Waals surface area contributed by atoms with E-state index in [2.05, 4.69) is 17.0 Å². The molecule has 0 unspecified atom stereocenters. The third kappa shape index (κ3) is 1.85. The lowest BCUT2D eigenvalue weighted by atomic mass is 10.0. The van der Waals surface area contributed by atoms with Gasteiger partial charge in [-0.15, -0.1) is 0 Å². The van der Waals surface area contributed by atoms with E-state index in [1.807, 2.05) is 37.4 Å². The van der Waals surface area contributed by atoms with E-state index in [1.54, 1.807) is 10.7 Å². The molecule has 0 aliphatic carbocycles. The van der Waals surface area contributed by atoms with Gasteiger partial charge in [0.15, 0.2) is 0 Å². The Kier molecular flexibility index (Phi) is 2.71. The number of nitrogens with zero attached hydrogens (tertiary/aromatic N) is 2. The van der Waals surface area contributed by atoms with E-state index in [0.29, 0.717) is 0 Å². The number of hydrogen-bond donors (Lipinski definition) is 1. The molecule has 0 aliphatic heterocycles. The second-order valence-corrected chi connectivity index (χ2v) is 4.57. The highest BCUT2D eigenvalue weighted by molar-refractivity contribution is 5.93. The van der Waals surface area contributed by atoms with Crippen LogP contribution in [0.25, 0.3) is 22.3 Å². The molecule has 0 amide bonds. The van der Waals surface area contributed by atoms with Crippen molar-refractivity contribution in [2.75, 3.05) is 0 Å². The van der Waals surface area contributed by atoms with Crippen LogP contribution in [0.15, 0.2) is 41.2 Å². The highest BCUT2D eigenvalue weighted by atomic mass is 16.1. The fourth-order valence-electron chi connectivity index (χ4n) is 2.43. The predicted molar refractivity (Wildman–Crippen MR) is 76.1 cm³/mol. The van der Waals surface area contributed by atoms with Gasteiger partial charge in [0.1, 0.15) is 11.3 Å². The van der Waals surface area contributed by atoms with Crippen LogP contribution < -0.4 is 5.56 Å². The monoisotopic (exact) mass is 253 g/mol. The van der Waals surface area contributed by atoms with Gasteiger partial charge >= 0.3 is 0 Å². The summed E-state index contributed by atoms with van der Waals surface area (Å²) >= 11 is 0. The second-order valence-electron chi connectivity index (χ2n) is 4.57. The molecule has 0 fully saturated rings. The fraction of sp³-hybridized carbons (Fsp3) is 0.200. The predicted octanol–water partition coefficient (Wildman–Crippen LogP) is 2.49. The summed E-state index contributed by atoms with van der Waals surface area (Å²) in [6, 6.07) is 11.7. The van der Waals surface area contributed by atoms with E-state index in [9.17, 15) is 4.79 Å². The molecule has 0 radical (unpaired) electrons. The zero-order chi connectivity index (χ0) is 13.4. The van der Waals surface area contributed by atoms with Gasteiger partial charge in [-0.2, -0.15) is 5.10 Å². The summed E-state index contributed by atoms with van der Waals surface area (Å²) in [5.41, 5.74) is 3.72. The molecule has 0 aliphatic rings. The molecule has 0 atom stereocenters. The number of aromatic amines is 1. The molecule has 19 heavy (non-hydrogen) atoms. The SMILES string of the molecule is CCc1cc(=O)[nH]c2c1c(-c1ccccc1)nn2C. The Bertz CT molecular complexity index is 784. The van der Waals surface area contributed by atoms with Gasteiger partial charge < -0.3 is 4.98 Å². The van der Waals surface area contributed by atoms with E-state index in [4.69, 9.17) is 0 Å². The molecule has 0 bridgehead atoms. The third-order valence-corrected chi connectivity index (χ3v) is 3.34. The lowest BCUT2D eigenvalue weighted by Crippen LogP contribution is -2.07. The molecule has 3 rings (SSSR count). The van der Waals surface area contributed by atoms with Crippen molar-refractivity contribution in [2.24, 2.45) is 7.05 Å². The lowest BCUT2D eigenvalue weighted by molar-refractivity contribution is 0.788. The van der Waals surface area contributed by atoms with Crippen molar-refractivity contribution in [1.29, 1.82) is 0 Å². The highest BCUT2D eigenvalue weighted by Gasteiger charge is 2.14. The average Bonchev–Trinajstić information content (AvgIpc) is 2.76. The number of hydrogen-bond acceptors (Lipinski definition) is 2. The smallest absolute Gasteiger partial charge is 0.249 e. The van der Waals surface area contributed by atoms with Gasteiger partial charge in [0.25, 0.3) is 0 Å². The van der Waals surface area contributed by atoms with Crippen LogP contribution >= 0.6 is 0 Å². The fourth-order valence-corrected chi connectivity index (χ4v) is 2.43. The van der Waals surface area contributed by atoms with Crippen molar-refractivity contribution in [2.45, 2.75) is 13.3 Å². The second kappa shape index (κ2) is 4.39. The highest BCUT2D eigenvalue weighted by Crippen LogP contribution is 2.28. The quantitative estimate of drug-likeness (QED) is 0.762. The van der Waals surface area contributed by atoms with Crippen LogP contribution in [0.2, 0.25) is 0 Å². The van der Waals surface area contributed by atoms with Gasteiger partial charge in [-0.3, -0.25) is 9.48 Å². The third-order valence-electron chi connectivity index (χ3n) is 3.34. The Morgan fingerprint density at radius 2 is 2.00 bits per heavy atom. The first-order chi connectivity index (χ1) is 9.20. The van der Waals surface area contributed by atoms with Gasteiger partial charge in [-0.05, 0) is 12.0 Å². The number of H-pyrrole nitrogens is 1. The topological polar surface area (TPSA) is 50.7 Å². The standard InChI is InChI=1S/C15H15N3O/c1-3-10-9-12(19)16-15-13(10)14(17-18(15)2)11-7-5-4-6-8-11/h4-9H,3H2,1-2H3,(H,16,19). The number of pyridine rings is 1. The molecule has 1 N–H and O–H groups in total. The minimum absolute atomic E-state index is 0.0769. The Balaban J connectivity index is 2.41. The summed E-state index contributed by atoms with van der Waals surface area (Å²) in [6.45, 7) is 2.05. The number of fused-ring (bicyclic) bond motifs is 1. The maximum atomic E-state index is 11.7. The molecular weight excluding hydrogens is 238 g/mol. The van der Waals surface area contributed by atoms with Gasteiger partial charge in [0, 0.05) is 24.1 Å². The molecular formula is C15H15N3O. The Morgan fingerprint density at radius 1 is 1.26 bits per heavy atom. The largest absolute Gasteiger partial charge is 0.307 e. The van der Waals surface area contributed by atoms with Gasteiger partial charge in [0.2, 0.25) is 5.56 Å². The van der Waals surface area contributed by atoms with Crippen LogP contribution in [0.4, 0.5) is 0 Å². The first kappa shape index (κ1) is 11.7. The van der Waals surface area contributed by atoms with Crippen molar-refractivity contribution in [3.63, 3.8) is 0 Å². The van der Waals surface area contributed by atoms with Crippen LogP contribution in [0.1, 0.15) is 12.5 Å². The molecule has 0 saturated heterocycles. The van der Waals surface area contributed by atoms with Gasteiger partial charge in [-0.1, -0.05) is 37.3 Å². The average molecular weight is 253 g/mol. The maximum absolute atomic E-state index is 11.7. The normalized spacial score (nSPS) is 11.1. The van der Waals surface area contributed by atoms with Crippen molar-refractivity contribution in [3.05, 3.63) is 52.3 Å². The zero-order valence-corrected chi connectivity index (χ0v) is 11.0. The summed E-state index contributed by atoms with van der Waals surface area (Å²) in [7, 11) is 1.85. The van der Waals surface area contributed by atoms with Gasteiger partial charge in [0.05, 0.1) is 0 Å². The summed E-state index contributed by atoms with van der Waals surface area (Å²) in [4.78, 5) is 14.5. The van der Waals surface area contributed by atoms with Crippen molar-refractivity contribution in [3.8, 4) is 11.3 Å². The number of benzene rings is 1. The maximum Gasteiger partial charge on any atom is 0.249 e. The van der Waals surface area contributed by atoms with E-state index in [-0.39, 0.29) is 5.56 Å². The molecule has 4 heteroatoms. The first-order valence-electron chi connectivity index (χ1n) is 6.35. The van der Waals surface area contributed by atoms with Crippen molar-refractivity contribution < 1.29 is 0 Å². The summed E-state index contributed by atoms with van der Waals surface area (Å²) in [6.07, 6.45) is 0.811. The Labute approximate surface area is 110 Å². The van der Waals surface area contributed by atoms with Gasteiger partial charge in [-0.25, -0.2) is 0 Å². The lowest BCUT2D eigenvalue weighted by Gasteiger charge is -2.02. The molecule has 2 heterocycles. The molecule has 96 valence electrons. The Hall–Kier alpha value is -2.36. The molecule has 0 saturated carbocycles. The molecule has 2 aromatic heterocycles. The Morgan fingerprint density at radius 3 is 2.68 bits per heavy atom. The van der Waals surface area contributed by atoms with Crippen molar-refractivity contribution in [1.82, 2.24) is 14.8 Å². The van der Waals surface area contributed by atoms with E-state index >= 15 is 0 Å². The first-order valence-corrected chi connectivity index (χ1v) is 6.35. The number of rotatable bonds is 2. The minimum Gasteiger partial charge on any atom is -0.307 e. The van der Waals surface area contributed by atoms with E-state index < -0.39 is 0 Å². The van der Waals surface area contributed by atoms with E-state index in [0.717, 1.165) is 34.3 Å². The zero-order valence-electron chi connectivity index (χ0n) is 11.0. The molecule has 1 aromatic carbocycles. The van der Waals surface area contributed by atoms with E-state index in [1.165, 1.54) is 0 Å². The van der Waals surface area contributed by atoms with Crippen LogP contribution in [0, 0.1) is 0 Å². The molecule has 3 aromatic rings. The number of aryl methyl sites for hydroxylation is 2. The number of nitrogens with one attached hydrogen (secondary N) is 1. The summed E-state index contributed by atoms with van der Waals surface area (Å²) in [5, 5.41) is 5.59. The summed E-state index contributed by atoms with van der Waals surface area (Å²) in [5.74, 6) is 0. The van der Waals surface area contributed by atoms with Crippen LogP contribution in [0.3, 0.4) is 0 Å². The number of aromatic nitrogens is 3. The summed E-state index contributed by atoms with van der Waals surface area (Å²) < 4.78 is 1.73. The minimum atomic E-state index is -0.0769.